The zero-order valence-electron chi connectivity index (χ0n) is 12.8. The molecule has 0 atom stereocenters. The Morgan fingerprint density at radius 1 is 1.41 bits per heavy atom. The standard InChI is InChI=1S/C13H17N5O3S/c1-8-10(22-17-16-8)11(19)15-9-5-14-18(6-9)7-21-12(20)13(2,3)4/h5-6H,7H2,1-4H3,(H,15,19). The van der Waals surface area contributed by atoms with Gasteiger partial charge in [-0.3, -0.25) is 9.59 Å². The minimum Gasteiger partial charge on any atom is -0.442 e. The number of carbonyl (C=O) groups is 2. The molecule has 2 rings (SSSR count). The Kier molecular flexibility index (Phi) is 4.55. The predicted molar refractivity (Wildman–Crippen MR) is 80.4 cm³/mol. The lowest BCUT2D eigenvalue weighted by Crippen LogP contribution is -2.24. The molecule has 118 valence electrons. The van der Waals surface area contributed by atoms with E-state index in [2.05, 4.69) is 20.0 Å². The predicted octanol–water partition coefficient (Wildman–Crippen LogP) is 1.84. The summed E-state index contributed by atoms with van der Waals surface area (Å²) < 4.78 is 10.3. The Labute approximate surface area is 131 Å². The van der Waals surface area contributed by atoms with Gasteiger partial charge in [-0.05, 0) is 39.2 Å². The number of amides is 1. The Hall–Kier alpha value is -2.29. The maximum atomic E-state index is 12.0. The molecule has 0 aromatic carbocycles. The molecule has 9 heteroatoms. The van der Waals surface area contributed by atoms with Crippen LogP contribution in [0.1, 0.15) is 36.1 Å². The topological polar surface area (TPSA) is 99.0 Å². The van der Waals surface area contributed by atoms with Crippen LogP contribution in [0.3, 0.4) is 0 Å². The molecule has 0 spiro atoms. The number of hydrogen-bond donors (Lipinski definition) is 1. The molecule has 0 radical (unpaired) electrons. The van der Waals surface area contributed by atoms with E-state index in [9.17, 15) is 9.59 Å². The first-order valence-corrected chi connectivity index (χ1v) is 7.34. The van der Waals surface area contributed by atoms with Gasteiger partial charge in [-0.1, -0.05) is 4.49 Å². The van der Waals surface area contributed by atoms with Crippen molar-refractivity contribution in [3.05, 3.63) is 23.0 Å². The molecular weight excluding hydrogens is 306 g/mol. The minimum atomic E-state index is -0.569. The largest absolute Gasteiger partial charge is 0.442 e. The monoisotopic (exact) mass is 323 g/mol. The first kappa shape index (κ1) is 16.1. The number of hydrogen-bond acceptors (Lipinski definition) is 7. The molecule has 0 aliphatic carbocycles. The van der Waals surface area contributed by atoms with Crippen LogP contribution in [0.15, 0.2) is 12.4 Å². The molecule has 0 aliphatic heterocycles. The maximum Gasteiger partial charge on any atom is 0.313 e. The van der Waals surface area contributed by atoms with Gasteiger partial charge in [-0.2, -0.15) is 5.10 Å². The van der Waals surface area contributed by atoms with Crippen molar-refractivity contribution in [2.24, 2.45) is 5.41 Å². The fourth-order valence-corrected chi connectivity index (χ4v) is 2.02. The average Bonchev–Trinajstić information content (AvgIpc) is 3.03. The molecule has 2 heterocycles. The van der Waals surface area contributed by atoms with Crippen molar-refractivity contribution < 1.29 is 14.3 Å². The van der Waals surface area contributed by atoms with Crippen molar-refractivity contribution in [2.75, 3.05) is 5.32 Å². The summed E-state index contributed by atoms with van der Waals surface area (Å²) in [5.74, 6) is -0.612. The second-order valence-corrected chi connectivity index (χ2v) is 6.48. The van der Waals surface area contributed by atoms with Gasteiger partial charge in [0.1, 0.15) is 4.88 Å². The second kappa shape index (κ2) is 6.22. The normalized spacial score (nSPS) is 11.3. The lowest BCUT2D eigenvalue weighted by Gasteiger charge is -2.16. The molecule has 0 bridgehead atoms. The smallest absolute Gasteiger partial charge is 0.313 e. The quantitative estimate of drug-likeness (QED) is 0.862. The van der Waals surface area contributed by atoms with E-state index in [4.69, 9.17) is 4.74 Å². The molecule has 8 nitrogen and oxygen atoms in total. The van der Waals surface area contributed by atoms with Gasteiger partial charge in [0.25, 0.3) is 5.91 Å². The van der Waals surface area contributed by atoms with Gasteiger partial charge in [0, 0.05) is 0 Å². The Morgan fingerprint density at radius 2 is 2.14 bits per heavy atom. The number of aromatic nitrogens is 4. The molecule has 0 aliphatic rings. The fraction of sp³-hybridized carbons (Fsp3) is 0.462. The number of nitrogens with one attached hydrogen (secondary N) is 1. The third-order valence-electron chi connectivity index (χ3n) is 2.69. The van der Waals surface area contributed by atoms with Crippen molar-refractivity contribution in [2.45, 2.75) is 34.4 Å². The Bertz CT molecular complexity index is 686. The summed E-state index contributed by atoms with van der Waals surface area (Å²) in [4.78, 5) is 24.1. The van der Waals surface area contributed by atoms with Gasteiger partial charge in [0.15, 0.2) is 6.73 Å². The van der Waals surface area contributed by atoms with Crippen LogP contribution in [-0.2, 0) is 16.3 Å². The van der Waals surface area contributed by atoms with Crippen molar-refractivity contribution in [1.29, 1.82) is 0 Å². The third kappa shape index (κ3) is 3.88. The highest BCUT2D eigenvalue weighted by Crippen LogP contribution is 2.16. The molecule has 0 saturated heterocycles. The molecule has 1 amide bonds. The van der Waals surface area contributed by atoms with Gasteiger partial charge in [0.05, 0.1) is 29.2 Å². The van der Waals surface area contributed by atoms with E-state index >= 15 is 0 Å². The van der Waals surface area contributed by atoms with E-state index in [-0.39, 0.29) is 18.6 Å². The SMILES string of the molecule is Cc1nnsc1C(=O)Nc1cnn(COC(=O)C(C)(C)C)c1. The molecule has 0 unspecified atom stereocenters. The number of esters is 1. The Morgan fingerprint density at radius 3 is 2.73 bits per heavy atom. The summed E-state index contributed by atoms with van der Waals surface area (Å²) >= 11 is 1.03. The van der Waals surface area contributed by atoms with Crippen molar-refractivity contribution in [3.63, 3.8) is 0 Å². The average molecular weight is 323 g/mol. The summed E-state index contributed by atoms with van der Waals surface area (Å²) in [7, 11) is 0. The highest BCUT2D eigenvalue weighted by molar-refractivity contribution is 7.08. The molecule has 2 aromatic rings. The minimum absolute atomic E-state index is 0.00683. The highest BCUT2D eigenvalue weighted by atomic mass is 32.1. The van der Waals surface area contributed by atoms with E-state index in [0.29, 0.717) is 16.3 Å². The number of anilines is 1. The number of aryl methyl sites for hydroxylation is 1. The third-order valence-corrected chi connectivity index (χ3v) is 3.52. The van der Waals surface area contributed by atoms with Gasteiger partial charge in [-0.25, -0.2) is 4.68 Å². The van der Waals surface area contributed by atoms with Crippen LogP contribution in [0.4, 0.5) is 5.69 Å². The highest BCUT2D eigenvalue weighted by Gasteiger charge is 2.23. The fourth-order valence-electron chi connectivity index (χ4n) is 1.47. The van der Waals surface area contributed by atoms with Crippen LogP contribution in [0.25, 0.3) is 0 Å². The molecule has 0 saturated carbocycles. The summed E-state index contributed by atoms with van der Waals surface area (Å²) in [6.45, 7) is 7.03. The molecule has 22 heavy (non-hydrogen) atoms. The van der Waals surface area contributed by atoms with E-state index in [1.807, 2.05) is 0 Å². The molecule has 1 N–H and O–H groups in total. The summed E-state index contributed by atoms with van der Waals surface area (Å²) in [6.07, 6.45) is 3.06. The first-order valence-electron chi connectivity index (χ1n) is 6.57. The van der Waals surface area contributed by atoms with Crippen LogP contribution in [0.2, 0.25) is 0 Å². The van der Waals surface area contributed by atoms with E-state index in [1.165, 1.54) is 10.9 Å². The summed E-state index contributed by atoms with van der Waals surface area (Å²) in [5, 5.41) is 10.5. The lowest BCUT2D eigenvalue weighted by atomic mass is 9.98. The molecule has 0 fully saturated rings. The van der Waals surface area contributed by atoms with Crippen LogP contribution in [0, 0.1) is 12.3 Å². The van der Waals surface area contributed by atoms with Crippen LogP contribution < -0.4 is 5.32 Å². The Balaban J connectivity index is 1.93. The summed E-state index contributed by atoms with van der Waals surface area (Å²) in [6, 6.07) is 0. The van der Waals surface area contributed by atoms with E-state index < -0.39 is 5.41 Å². The maximum absolute atomic E-state index is 12.0. The van der Waals surface area contributed by atoms with Crippen LogP contribution in [0.5, 0.6) is 0 Å². The number of carbonyl (C=O) groups excluding carboxylic acids is 2. The zero-order valence-corrected chi connectivity index (χ0v) is 13.6. The van der Waals surface area contributed by atoms with E-state index in [1.54, 1.807) is 33.9 Å². The van der Waals surface area contributed by atoms with Gasteiger partial charge in [0.2, 0.25) is 0 Å². The molecular formula is C13H17N5O3S. The first-order chi connectivity index (χ1) is 10.3. The summed E-state index contributed by atoms with van der Waals surface area (Å²) in [5.41, 5.74) is 0.513. The van der Waals surface area contributed by atoms with Crippen molar-refractivity contribution in [3.8, 4) is 0 Å². The van der Waals surface area contributed by atoms with Crippen LogP contribution >= 0.6 is 11.5 Å². The van der Waals surface area contributed by atoms with Gasteiger partial charge < -0.3 is 10.1 Å². The zero-order chi connectivity index (χ0) is 16.3. The van der Waals surface area contributed by atoms with Crippen LogP contribution in [-0.4, -0.2) is 31.2 Å². The number of rotatable bonds is 4. The molecule has 2 aromatic heterocycles. The van der Waals surface area contributed by atoms with E-state index in [0.717, 1.165) is 11.5 Å². The van der Waals surface area contributed by atoms with Gasteiger partial charge >= 0.3 is 5.97 Å². The lowest BCUT2D eigenvalue weighted by molar-refractivity contribution is -0.157. The second-order valence-electron chi connectivity index (χ2n) is 5.72. The van der Waals surface area contributed by atoms with Gasteiger partial charge in [-0.15, -0.1) is 5.10 Å². The number of nitrogens with zero attached hydrogens (tertiary/aromatic N) is 4. The number of ether oxygens (including phenoxy) is 1. The van der Waals surface area contributed by atoms with Crippen molar-refractivity contribution >= 4 is 29.1 Å². The van der Waals surface area contributed by atoms with Crippen molar-refractivity contribution in [1.82, 2.24) is 19.4 Å².